The summed E-state index contributed by atoms with van der Waals surface area (Å²) in [6.07, 6.45) is 5.22. The van der Waals surface area contributed by atoms with E-state index < -0.39 is 0 Å². The van der Waals surface area contributed by atoms with E-state index in [0.717, 1.165) is 12.0 Å². The van der Waals surface area contributed by atoms with Gasteiger partial charge >= 0.3 is 0 Å². The zero-order chi connectivity index (χ0) is 18.4. The molecule has 0 saturated carbocycles. The molecule has 6 heteroatoms. The molecule has 0 bridgehead atoms. The molecule has 0 atom stereocenters. The molecule has 0 fully saturated rings. The molecule has 3 aromatic rings. The summed E-state index contributed by atoms with van der Waals surface area (Å²) in [5, 5.41) is 14.2. The number of aromatic hydroxyl groups is 1. The van der Waals surface area contributed by atoms with Gasteiger partial charge in [0.2, 0.25) is 0 Å². The summed E-state index contributed by atoms with van der Waals surface area (Å²) in [7, 11) is 0. The molecule has 0 aliphatic carbocycles. The number of halogens is 1. The van der Waals surface area contributed by atoms with Gasteiger partial charge in [-0.15, -0.1) is 0 Å². The summed E-state index contributed by atoms with van der Waals surface area (Å²) in [6, 6.07) is 16.9. The van der Waals surface area contributed by atoms with Crippen molar-refractivity contribution in [2.45, 2.75) is 6.42 Å². The maximum Gasteiger partial charge on any atom is 0.271 e. The van der Waals surface area contributed by atoms with Crippen molar-refractivity contribution in [3.63, 3.8) is 0 Å². The maximum absolute atomic E-state index is 12.0. The Kier molecular flexibility index (Phi) is 5.76. The summed E-state index contributed by atoms with van der Waals surface area (Å²) in [5.74, 6) is -0.272. The fourth-order valence-corrected chi connectivity index (χ4v) is 2.96. The van der Waals surface area contributed by atoms with Crippen LogP contribution >= 0.6 is 15.9 Å². The van der Waals surface area contributed by atoms with E-state index in [4.69, 9.17) is 0 Å². The van der Waals surface area contributed by atoms with E-state index in [1.54, 1.807) is 12.1 Å². The molecule has 2 N–H and O–H groups in total. The highest BCUT2D eigenvalue weighted by Crippen LogP contribution is 2.29. The number of carbonyl (C=O) groups excluding carboxylic acids is 1. The molecule has 3 rings (SSSR count). The molecular formula is C20H16BrN3O2. The number of amides is 1. The number of rotatable bonds is 5. The predicted molar refractivity (Wildman–Crippen MR) is 104 cm³/mol. The summed E-state index contributed by atoms with van der Waals surface area (Å²) >= 11 is 3.36. The van der Waals surface area contributed by atoms with Crippen molar-refractivity contribution in [2.24, 2.45) is 5.10 Å². The second-order valence-corrected chi connectivity index (χ2v) is 6.47. The predicted octanol–water partition coefficient (Wildman–Crippen LogP) is 3.90. The normalized spacial score (nSPS) is 10.8. The highest BCUT2D eigenvalue weighted by Gasteiger charge is 2.08. The molecular weight excluding hydrogens is 394 g/mol. The Bertz CT molecular complexity index is 929. The Labute approximate surface area is 159 Å². The first-order valence-electron chi connectivity index (χ1n) is 7.92. The molecule has 1 aromatic heterocycles. The molecule has 2 aromatic carbocycles. The Hall–Kier alpha value is -2.99. The van der Waals surface area contributed by atoms with Gasteiger partial charge < -0.3 is 5.11 Å². The smallest absolute Gasteiger partial charge is 0.271 e. The van der Waals surface area contributed by atoms with Gasteiger partial charge in [-0.25, -0.2) is 5.43 Å². The number of carbonyl (C=O) groups is 1. The third kappa shape index (κ3) is 4.55. The van der Waals surface area contributed by atoms with Crippen LogP contribution in [0.4, 0.5) is 0 Å². The van der Waals surface area contributed by atoms with Gasteiger partial charge in [0.15, 0.2) is 0 Å². The molecule has 0 aliphatic heterocycles. The van der Waals surface area contributed by atoms with E-state index in [-0.39, 0.29) is 11.7 Å². The summed E-state index contributed by atoms with van der Waals surface area (Å²) in [4.78, 5) is 15.8. The van der Waals surface area contributed by atoms with Crippen LogP contribution in [0.5, 0.6) is 5.75 Å². The quantitative estimate of drug-likeness (QED) is 0.495. The lowest BCUT2D eigenvalue weighted by atomic mass is 10.0. The SMILES string of the molecule is O=C(NN=Cc1cc(Cc2ccccc2)cc(Br)c1O)c1ccncc1. The van der Waals surface area contributed by atoms with Crippen LogP contribution in [0.15, 0.2) is 76.6 Å². The van der Waals surface area contributed by atoms with Crippen LogP contribution in [0.1, 0.15) is 27.0 Å². The van der Waals surface area contributed by atoms with Crippen molar-refractivity contribution < 1.29 is 9.90 Å². The number of pyridine rings is 1. The largest absolute Gasteiger partial charge is 0.506 e. The van der Waals surface area contributed by atoms with E-state index in [9.17, 15) is 9.90 Å². The summed E-state index contributed by atoms with van der Waals surface area (Å²) in [5.41, 5.74) is 5.59. The average molecular weight is 410 g/mol. The molecule has 0 aliphatic rings. The highest BCUT2D eigenvalue weighted by molar-refractivity contribution is 9.10. The topological polar surface area (TPSA) is 74.6 Å². The highest BCUT2D eigenvalue weighted by atomic mass is 79.9. The van der Waals surface area contributed by atoms with Crippen molar-refractivity contribution in [3.05, 3.63) is 93.7 Å². The number of nitrogens with zero attached hydrogens (tertiary/aromatic N) is 2. The number of benzene rings is 2. The first-order chi connectivity index (χ1) is 12.6. The number of phenolic OH excluding ortho intramolecular Hbond substituents is 1. The van der Waals surface area contributed by atoms with Crippen LogP contribution in [0.25, 0.3) is 0 Å². The summed E-state index contributed by atoms with van der Waals surface area (Å²) in [6.45, 7) is 0. The van der Waals surface area contributed by atoms with Crippen molar-refractivity contribution >= 4 is 28.1 Å². The summed E-state index contributed by atoms with van der Waals surface area (Å²) < 4.78 is 0.577. The van der Waals surface area contributed by atoms with Crippen LogP contribution in [-0.2, 0) is 6.42 Å². The Morgan fingerprint density at radius 2 is 1.85 bits per heavy atom. The van der Waals surface area contributed by atoms with E-state index in [1.165, 1.54) is 24.2 Å². The third-order valence-corrected chi connectivity index (χ3v) is 4.32. The fraction of sp³-hybridized carbons (Fsp3) is 0.0500. The minimum atomic E-state index is -0.345. The van der Waals surface area contributed by atoms with Crippen molar-refractivity contribution in [1.82, 2.24) is 10.4 Å². The lowest BCUT2D eigenvalue weighted by Crippen LogP contribution is -2.17. The average Bonchev–Trinajstić information content (AvgIpc) is 2.67. The zero-order valence-electron chi connectivity index (χ0n) is 13.8. The first-order valence-corrected chi connectivity index (χ1v) is 8.71. The van der Waals surface area contributed by atoms with E-state index in [2.05, 4.69) is 31.4 Å². The Morgan fingerprint density at radius 1 is 1.12 bits per heavy atom. The van der Waals surface area contributed by atoms with Gasteiger partial charge in [0, 0.05) is 23.5 Å². The maximum atomic E-state index is 12.0. The number of hydrogen-bond donors (Lipinski definition) is 2. The second-order valence-electron chi connectivity index (χ2n) is 5.61. The fourth-order valence-electron chi connectivity index (χ4n) is 2.44. The van der Waals surface area contributed by atoms with Crippen LogP contribution in [0.2, 0.25) is 0 Å². The van der Waals surface area contributed by atoms with Gasteiger partial charge in [-0.3, -0.25) is 9.78 Å². The van der Waals surface area contributed by atoms with E-state index in [0.29, 0.717) is 15.6 Å². The van der Waals surface area contributed by atoms with Crippen LogP contribution in [0.3, 0.4) is 0 Å². The van der Waals surface area contributed by atoms with Gasteiger partial charge in [-0.05, 0) is 57.7 Å². The van der Waals surface area contributed by atoms with Crippen LogP contribution < -0.4 is 5.43 Å². The molecule has 130 valence electrons. The first kappa shape index (κ1) is 17.8. The number of aromatic nitrogens is 1. The molecule has 0 saturated heterocycles. The number of nitrogens with one attached hydrogen (secondary N) is 1. The standard InChI is InChI=1S/C20H16BrN3O2/c21-18-12-15(10-14-4-2-1-3-5-14)11-17(19(18)25)13-23-24-20(26)16-6-8-22-9-7-16/h1-9,11-13,25H,10H2,(H,24,26). The minimum absolute atomic E-state index is 0.0729. The van der Waals surface area contributed by atoms with E-state index >= 15 is 0 Å². The zero-order valence-corrected chi connectivity index (χ0v) is 15.3. The molecule has 26 heavy (non-hydrogen) atoms. The Balaban J connectivity index is 1.75. The van der Waals surface area contributed by atoms with Gasteiger partial charge in [0.25, 0.3) is 5.91 Å². The molecule has 1 amide bonds. The molecule has 0 spiro atoms. The molecule has 1 heterocycles. The van der Waals surface area contributed by atoms with Crippen molar-refractivity contribution in [1.29, 1.82) is 0 Å². The van der Waals surface area contributed by atoms with E-state index in [1.807, 2.05) is 42.5 Å². The van der Waals surface area contributed by atoms with Gasteiger partial charge in [-0.1, -0.05) is 30.3 Å². The van der Waals surface area contributed by atoms with Crippen LogP contribution in [0, 0.1) is 0 Å². The van der Waals surface area contributed by atoms with Gasteiger partial charge in [-0.2, -0.15) is 5.10 Å². The van der Waals surface area contributed by atoms with Gasteiger partial charge in [0.05, 0.1) is 10.7 Å². The van der Waals surface area contributed by atoms with Gasteiger partial charge in [0.1, 0.15) is 5.75 Å². The van der Waals surface area contributed by atoms with Crippen molar-refractivity contribution in [2.75, 3.05) is 0 Å². The minimum Gasteiger partial charge on any atom is -0.506 e. The molecule has 0 radical (unpaired) electrons. The third-order valence-electron chi connectivity index (χ3n) is 3.72. The lowest BCUT2D eigenvalue weighted by Gasteiger charge is -2.07. The second kappa shape index (κ2) is 8.40. The Morgan fingerprint density at radius 3 is 2.58 bits per heavy atom. The monoisotopic (exact) mass is 409 g/mol. The number of hydrazone groups is 1. The number of hydrogen-bond acceptors (Lipinski definition) is 4. The molecule has 0 unspecified atom stereocenters. The molecule has 5 nitrogen and oxygen atoms in total. The van der Waals surface area contributed by atoms with Crippen LogP contribution in [-0.4, -0.2) is 22.2 Å². The van der Waals surface area contributed by atoms with Crippen molar-refractivity contribution in [3.8, 4) is 5.75 Å². The lowest BCUT2D eigenvalue weighted by molar-refractivity contribution is 0.0955. The number of phenols is 1.